The summed E-state index contributed by atoms with van der Waals surface area (Å²) >= 11 is 1.62. The zero-order valence-corrected chi connectivity index (χ0v) is 14.8. The number of hydrogen-bond acceptors (Lipinski definition) is 6. The van der Waals surface area contributed by atoms with Crippen LogP contribution in [0.5, 0.6) is 11.5 Å². The summed E-state index contributed by atoms with van der Waals surface area (Å²) in [5.74, 6) is 2.48. The highest BCUT2D eigenvalue weighted by atomic mass is 32.2. The molecule has 0 unspecified atom stereocenters. The van der Waals surface area contributed by atoms with Crippen molar-refractivity contribution in [3.8, 4) is 22.9 Å². The molecular weight excluding hydrogens is 336 g/mol. The molecule has 0 saturated carbocycles. The number of nitrogens with one attached hydrogen (secondary N) is 1. The van der Waals surface area contributed by atoms with E-state index in [0.717, 1.165) is 33.6 Å². The predicted octanol–water partition coefficient (Wildman–Crippen LogP) is 3.70. The van der Waals surface area contributed by atoms with Crippen LogP contribution in [0.1, 0.15) is 17.9 Å². The van der Waals surface area contributed by atoms with Crippen molar-refractivity contribution in [2.75, 3.05) is 19.1 Å². The predicted molar refractivity (Wildman–Crippen MR) is 97.6 cm³/mol. The molecule has 0 radical (unpaired) electrons. The smallest absolute Gasteiger partial charge is 0.212 e. The van der Waals surface area contributed by atoms with Gasteiger partial charge in [-0.15, -0.1) is 10.2 Å². The first-order valence-corrected chi connectivity index (χ1v) is 8.93. The number of thioether (sulfide) groups is 1. The Balaban J connectivity index is 1.61. The first kappa shape index (κ1) is 15.8. The van der Waals surface area contributed by atoms with Gasteiger partial charge in [0.05, 0.1) is 13.7 Å². The molecule has 1 N–H and O–H groups in total. The second-order valence-electron chi connectivity index (χ2n) is 5.47. The van der Waals surface area contributed by atoms with E-state index >= 15 is 0 Å². The maximum atomic E-state index is 5.49. The number of nitrogens with zero attached hydrogens (tertiary/aromatic N) is 3. The van der Waals surface area contributed by atoms with E-state index in [4.69, 9.17) is 9.47 Å². The van der Waals surface area contributed by atoms with Gasteiger partial charge in [0.2, 0.25) is 5.16 Å². The molecule has 2 aromatic carbocycles. The van der Waals surface area contributed by atoms with Crippen LogP contribution in [0.2, 0.25) is 0 Å². The van der Waals surface area contributed by atoms with Crippen molar-refractivity contribution in [3.05, 3.63) is 54.1 Å². The minimum absolute atomic E-state index is 0.0306. The van der Waals surface area contributed by atoms with Gasteiger partial charge in [-0.25, -0.2) is 4.68 Å². The molecule has 1 aliphatic rings. The van der Waals surface area contributed by atoms with E-state index in [2.05, 4.69) is 21.7 Å². The molecule has 0 bridgehead atoms. The fraction of sp³-hybridized carbons (Fsp3) is 0.222. The van der Waals surface area contributed by atoms with Gasteiger partial charge in [0, 0.05) is 11.1 Å². The Bertz CT molecular complexity index is 879. The molecular formula is C18H18N4O2S. The normalized spacial score (nSPS) is 15.5. The number of aromatic nitrogens is 3. The summed E-state index contributed by atoms with van der Waals surface area (Å²) in [5.41, 5.74) is 5.52. The van der Waals surface area contributed by atoms with Gasteiger partial charge in [-0.05, 0) is 37.3 Å². The maximum absolute atomic E-state index is 5.49. The lowest BCUT2D eigenvalue weighted by molar-refractivity contribution is 0.340. The number of fused-ring (bicyclic) bond motifs is 1. The van der Waals surface area contributed by atoms with Crippen molar-refractivity contribution >= 4 is 11.8 Å². The molecule has 4 rings (SSSR count). The van der Waals surface area contributed by atoms with E-state index in [0.29, 0.717) is 6.61 Å². The van der Waals surface area contributed by atoms with Crippen molar-refractivity contribution in [3.63, 3.8) is 0 Å². The molecule has 25 heavy (non-hydrogen) atoms. The largest absolute Gasteiger partial charge is 0.496 e. The molecule has 0 amide bonds. The average molecular weight is 354 g/mol. The van der Waals surface area contributed by atoms with Gasteiger partial charge in [-0.1, -0.05) is 30.0 Å². The molecule has 1 aromatic heterocycles. The van der Waals surface area contributed by atoms with Crippen molar-refractivity contribution < 1.29 is 9.47 Å². The van der Waals surface area contributed by atoms with Gasteiger partial charge in [0.25, 0.3) is 0 Å². The lowest BCUT2D eigenvalue weighted by atomic mass is 10.2. The summed E-state index contributed by atoms with van der Waals surface area (Å²) in [6.45, 7) is 2.62. The summed E-state index contributed by atoms with van der Waals surface area (Å²) in [4.78, 5) is 0. The Kier molecular flexibility index (Phi) is 4.23. The maximum Gasteiger partial charge on any atom is 0.212 e. The lowest BCUT2D eigenvalue weighted by Gasteiger charge is -2.15. The molecule has 1 aliphatic heterocycles. The van der Waals surface area contributed by atoms with Crippen molar-refractivity contribution in [2.24, 2.45) is 0 Å². The summed E-state index contributed by atoms with van der Waals surface area (Å²) in [5, 5.41) is 9.48. The van der Waals surface area contributed by atoms with Crippen LogP contribution < -0.4 is 14.9 Å². The molecule has 6 nitrogen and oxygen atoms in total. The quantitative estimate of drug-likeness (QED) is 0.754. The van der Waals surface area contributed by atoms with Crippen LogP contribution in [0, 0.1) is 0 Å². The first-order valence-electron chi connectivity index (χ1n) is 8.05. The Hall–Kier alpha value is -2.67. The number of methoxy groups -OCH3 is 1. The number of benzene rings is 2. The Morgan fingerprint density at radius 2 is 1.92 bits per heavy atom. The Morgan fingerprint density at radius 1 is 1.12 bits per heavy atom. The Morgan fingerprint density at radius 3 is 2.68 bits per heavy atom. The molecule has 7 heteroatoms. The zero-order valence-electron chi connectivity index (χ0n) is 14.0. The zero-order chi connectivity index (χ0) is 17.2. The number of hydrogen-bond donors (Lipinski definition) is 1. The third-order valence-electron chi connectivity index (χ3n) is 3.95. The molecule has 1 atom stereocenters. The highest BCUT2D eigenvalue weighted by Crippen LogP contribution is 2.43. The number of para-hydroxylation sites is 1. The van der Waals surface area contributed by atoms with Crippen LogP contribution in [0.25, 0.3) is 11.4 Å². The van der Waals surface area contributed by atoms with Crippen LogP contribution in [0.4, 0.5) is 0 Å². The number of ether oxygens (including phenoxy) is 2. The number of rotatable bonds is 5. The minimum atomic E-state index is 0.0306. The van der Waals surface area contributed by atoms with Crippen LogP contribution >= 0.6 is 11.8 Å². The van der Waals surface area contributed by atoms with Crippen LogP contribution in [0.3, 0.4) is 0 Å². The molecule has 0 fully saturated rings. The van der Waals surface area contributed by atoms with E-state index < -0.39 is 0 Å². The van der Waals surface area contributed by atoms with Crippen molar-refractivity contribution in [1.29, 1.82) is 0 Å². The van der Waals surface area contributed by atoms with Crippen LogP contribution in [-0.2, 0) is 0 Å². The SMILES string of the molecule is CCOc1ccc(-c2nnc3n2N[C@@H](c2ccccc2OC)S3)cc1. The molecule has 0 spiro atoms. The summed E-state index contributed by atoms with van der Waals surface area (Å²) in [6, 6.07) is 15.9. The molecule has 3 aromatic rings. The van der Waals surface area contributed by atoms with Gasteiger partial charge >= 0.3 is 0 Å². The second-order valence-corrected chi connectivity index (χ2v) is 6.54. The van der Waals surface area contributed by atoms with Crippen LogP contribution in [-0.4, -0.2) is 28.6 Å². The summed E-state index contributed by atoms with van der Waals surface area (Å²) in [6.07, 6.45) is 0. The van der Waals surface area contributed by atoms with Crippen molar-refractivity contribution in [1.82, 2.24) is 14.9 Å². The molecule has 2 heterocycles. The Labute approximate surface area is 150 Å². The second kappa shape index (κ2) is 6.68. The summed E-state index contributed by atoms with van der Waals surface area (Å²) < 4.78 is 12.9. The van der Waals surface area contributed by atoms with E-state index in [9.17, 15) is 0 Å². The van der Waals surface area contributed by atoms with Crippen LogP contribution in [0.15, 0.2) is 53.7 Å². The average Bonchev–Trinajstić information content (AvgIpc) is 3.23. The molecule has 0 aliphatic carbocycles. The minimum Gasteiger partial charge on any atom is -0.496 e. The van der Waals surface area contributed by atoms with Gasteiger partial charge in [0.15, 0.2) is 5.82 Å². The highest BCUT2D eigenvalue weighted by Gasteiger charge is 2.29. The summed E-state index contributed by atoms with van der Waals surface area (Å²) in [7, 11) is 1.68. The van der Waals surface area contributed by atoms with Gasteiger partial charge < -0.3 is 14.9 Å². The first-order chi connectivity index (χ1) is 12.3. The standard InChI is InChI=1S/C18H18N4O2S/c1-3-24-13-10-8-12(9-11-13)16-19-20-18-22(16)21-17(25-18)14-6-4-5-7-15(14)23-2/h4-11,17,21H,3H2,1-2H3/t17-/m1/s1. The topological polar surface area (TPSA) is 61.2 Å². The lowest BCUT2D eigenvalue weighted by Crippen LogP contribution is -2.14. The fourth-order valence-corrected chi connectivity index (χ4v) is 3.80. The monoisotopic (exact) mass is 354 g/mol. The van der Waals surface area contributed by atoms with E-state index in [1.54, 1.807) is 18.9 Å². The highest BCUT2D eigenvalue weighted by molar-refractivity contribution is 7.99. The fourth-order valence-electron chi connectivity index (χ4n) is 2.78. The van der Waals surface area contributed by atoms with E-state index in [1.807, 2.05) is 54.1 Å². The van der Waals surface area contributed by atoms with E-state index in [-0.39, 0.29) is 5.37 Å². The van der Waals surface area contributed by atoms with Gasteiger partial charge in [-0.3, -0.25) is 0 Å². The van der Waals surface area contributed by atoms with E-state index in [1.165, 1.54) is 0 Å². The molecule has 128 valence electrons. The third-order valence-corrected chi connectivity index (χ3v) is 5.02. The van der Waals surface area contributed by atoms with Gasteiger partial charge in [-0.2, -0.15) is 0 Å². The van der Waals surface area contributed by atoms with Crippen molar-refractivity contribution in [2.45, 2.75) is 17.5 Å². The third kappa shape index (κ3) is 2.91. The van der Waals surface area contributed by atoms with Gasteiger partial charge in [0.1, 0.15) is 16.9 Å². The molecule has 0 saturated heterocycles.